The average molecular weight is 267 g/mol. The van der Waals surface area contributed by atoms with Crippen LogP contribution in [0.4, 0.5) is 11.6 Å². The van der Waals surface area contributed by atoms with Crippen LogP contribution in [0.3, 0.4) is 0 Å². The smallest absolute Gasteiger partial charge is 0.364 e. The van der Waals surface area contributed by atoms with Gasteiger partial charge in [0.1, 0.15) is 0 Å². The Kier molecular flexibility index (Phi) is 4.36. The number of nitrogens with zero attached hydrogens (tertiary/aromatic N) is 4. The first-order chi connectivity index (χ1) is 9.08. The highest BCUT2D eigenvalue weighted by atomic mass is 16.6. The van der Waals surface area contributed by atoms with Crippen LogP contribution in [0.25, 0.3) is 0 Å². The van der Waals surface area contributed by atoms with Crippen LogP contribution in [0.15, 0.2) is 6.33 Å². The first-order valence-electron chi connectivity index (χ1n) is 6.66. The molecule has 19 heavy (non-hydrogen) atoms. The Morgan fingerprint density at radius 3 is 2.79 bits per heavy atom. The second kappa shape index (κ2) is 6.01. The fraction of sp³-hybridized carbons (Fsp3) is 0.750. The predicted molar refractivity (Wildman–Crippen MR) is 73.2 cm³/mol. The van der Waals surface area contributed by atoms with Gasteiger partial charge in [-0.2, -0.15) is 0 Å². The normalized spacial score (nSPS) is 17.6. The molecule has 1 aliphatic rings. The van der Waals surface area contributed by atoms with Crippen LogP contribution >= 0.6 is 0 Å². The van der Waals surface area contributed by atoms with E-state index in [9.17, 15) is 10.1 Å². The zero-order chi connectivity index (χ0) is 13.8. The Labute approximate surface area is 112 Å². The van der Waals surface area contributed by atoms with Crippen molar-refractivity contribution >= 4 is 11.6 Å². The molecule has 2 heterocycles. The van der Waals surface area contributed by atoms with Crippen molar-refractivity contribution in [3.63, 3.8) is 0 Å². The summed E-state index contributed by atoms with van der Waals surface area (Å²) in [6.45, 7) is 3.06. The highest BCUT2D eigenvalue weighted by Crippen LogP contribution is 2.23. The number of aryl methyl sites for hydroxylation is 1. The second-order valence-corrected chi connectivity index (χ2v) is 5.25. The average Bonchev–Trinajstić information content (AvgIpc) is 2.74. The lowest BCUT2D eigenvalue weighted by molar-refractivity contribution is -0.388. The Balaban J connectivity index is 1.82. The van der Waals surface area contributed by atoms with Gasteiger partial charge < -0.3 is 20.3 Å². The molecule has 7 heteroatoms. The molecule has 0 unspecified atom stereocenters. The molecule has 0 saturated carbocycles. The third-order valence-corrected chi connectivity index (χ3v) is 3.77. The molecule has 0 amide bonds. The number of nitrogens with one attached hydrogen (secondary N) is 1. The molecule has 0 aliphatic carbocycles. The molecular formula is C12H21N5O2. The minimum Gasteiger partial charge on any atom is -0.364 e. The summed E-state index contributed by atoms with van der Waals surface area (Å²) < 4.78 is 1.66. The topological polar surface area (TPSA) is 76.2 Å². The Hall–Kier alpha value is -1.63. The maximum absolute atomic E-state index is 10.8. The molecule has 0 atom stereocenters. The Bertz CT molecular complexity index is 437. The van der Waals surface area contributed by atoms with Crippen LogP contribution in [0.1, 0.15) is 19.3 Å². The molecule has 7 nitrogen and oxygen atoms in total. The number of aromatic nitrogens is 2. The van der Waals surface area contributed by atoms with Gasteiger partial charge in [0.05, 0.1) is 0 Å². The van der Waals surface area contributed by atoms with Crippen molar-refractivity contribution in [2.24, 2.45) is 13.0 Å². The van der Waals surface area contributed by atoms with Gasteiger partial charge in [-0.1, -0.05) is 0 Å². The number of hydrogen-bond acceptors (Lipinski definition) is 5. The second-order valence-electron chi connectivity index (χ2n) is 5.25. The summed E-state index contributed by atoms with van der Waals surface area (Å²) in [6, 6.07) is 0. The number of nitro groups is 1. The van der Waals surface area contributed by atoms with Gasteiger partial charge in [0.25, 0.3) is 0 Å². The van der Waals surface area contributed by atoms with Gasteiger partial charge in [0.15, 0.2) is 0 Å². The summed E-state index contributed by atoms with van der Waals surface area (Å²) in [6.07, 6.45) is 4.95. The van der Waals surface area contributed by atoms with Gasteiger partial charge in [0.2, 0.25) is 12.1 Å². The molecule has 0 spiro atoms. The van der Waals surface area contributed by atoms with Gasteiger partial charge in [-0.15, -0.1) is 0 Å². The molecule has 0 bridgehead atoms. The highest BCUT2D eigenvalue weighted by molar-refractivity contribution is 5.51. The number of hydrogen-bond donors (Lipinski definition) is 1. The van der Waals surface area contributed by atoms with Crippen molar-refractivity contribution in [2.75, 3.05) is 32.0 Å². The van der Waals surface area contributed by atoms with E-state index in [4.69, 9.17) is 0 Å². The van der Waals surface area contributed by atoms with Gasteiger partial charge in [0, 0.05) is 13.6 Å². The molecule has 1 N–H and O–H groups in total. The third kappa shape index (κ3) is 3.44. The molecule has 2 rings (SSSR count). The molecular weight excluding hydrogens is 246 g/mol. The number of likely N-dealkylation sites (tertiary alicyclic amines) is 1. The first kappa shape index (κ1) is 13.8. The number of rotatable bonds is 5. The molecule has 106 valence electrons. The van der Waals surface area contributed by atoms with E-state index >= 15 is 0 Å². The van der Waals surface area contributed by atoms with Crippen molar-refractivity contribution in [1.29, 1.82) is 0 Å². The minimum atomic E-state index is -0.447. The van der Waals surface area contributed by atoms with E-state index < -0.39 is 4.92 Å². The monoisotopic (exact) mass is 267 g/mol. The van der Waals surface area contributed by atoms with Crippen LogP contribution in [0.5, 0.6) is 0 Å². The van der Waals surface area contributed by atoms with Crippen molar-refractivity contribution < 1.29 is 4.92 Å². The molecule has 1 saturated heterocycles. The lowest BCUT2D eigenvalue weighted by atomic mass is 9.94. The maximum atomic E-state index is 10.8. The fourth-order valence-electron chi connectivity index (χ4n) is 2.50. The molecule has 1 fully saturated rings. The van der Waals surface area contributed by atoms with E-state index in [1.807, 2.05) is 0 Å². The largest absolute Gasteiger partial charge is 0.406 e. The molecule has 1 aliphatic heterocycles. The van der Waals surface area contributed by atoms with Crippen LogP contribution in [0, 0.1) is 16.0 Å². The third-order valence-electron chi connectivity index (χ3n) is 3.77. The zero-order valence-corrected chi connectivity index (χ0v) is 11.5. The van der Waals surface area contributed by atoms with Crippen molar-refractivity contribution in [2.45, 2.75) is 19.3 Å². The van der Waals surface area contributed by atoms with Gasteiger partial charge >= 0.3 is 5.82 Å². The van der Waals surface area contributed by atoms with E-state index in [0.717, 1.165) is 32.0 Å². The summed E-state index contributed by atoms with van der Waals surface area (Å²) in [4.78, 5) is 16.5. The van der Waals surface area contributed by atoms with Gasteiger partial charge in [-0.25, -0.2) is 0 Å². The summed E-state index contributed by atoms with van der Waals surface area (Å²) in [7, 11) is 3.91. The summed E-state index contributed by atoms with van der Waals surface area (Å²) >= 11 is 0. The van der Waals surface area contributed by atoms with Crippen molar-refractivity contribution in [1.82, 2.24) is 14.5 Å². The summed E-state index contributed by atoms with van der Waals surface area (Å²) in [5.74, 6) is 1.12. The number of imidazole rings is 1. The van der Waals surface area contributed by atoms with E-state index in [1.54, 1.807) is 11.6 Å². The van der Waals surface area contributed by atoms with Crippen LogP contribution in [0.2, 0.25) is 0 Å². The quantitative estimate of drug-likeness (QED) is 0.646. The van der Waals surface area contributed by atoms with Gasteiger partial charge in [-0.3, -0.25) is 4.57 Å². The van der Waals surface area contributed by atoms with Crippen LogP contribution < -0.4 is 5.32 Å². The molecule has 0 aromatic carbocycles. The van der Waals surface area contributed by atoms with Crippen molar-refractivity contribution in [3.8, 4) is 0 Å². The van der Waals surface area contributed by atoms with Crippen molar-refractivity contribution in [3.05, 3.63) is 16.4 Å². The SMILES string of the molecule is CN1CCC(CCNc2c([N+](=O)[O-])ncn2C)CC1. The molecule has 1 aromatic rings. The highest BCUT2D eigenvalue weighted by Gasteiger charge is 2.20. The fourth-order valence-corrected chi connectivity index (χ4v) is 2.50. The van der Waals surface area contributed by atoms with E-state index in [2.05, 4.69) is 22.2 Å². The summed E-state index contributed by atoms with van der Waals surface area (Å²) in [5.41, 5.74) is 0. The lowest BCUT2D eigenvalue weighted by Crippen LogP contribution is -2.30. The number of anilines is 1. The maximum Gasteiger partial charge on any atom is 0.406 e. The predicted octanol–water partition coefficient (Wildman–Crippen LogP) is 1.47. The minimum absolute atomic E-state index is 0.0918. The number of piperidine rings is 1. The van der Waals surface area contributed by atoms with Gasteiger partial charge in [-0.05, 0) is 55.2 Å². The first-order valence-corrected chi connectivity index (χ1v) is 6.66. The molecule has 1 aromatic heterocycles. The lowest BCUT2D eigenvalue weighted by Gasteiger charge is -2.28. The summed E-state index contributed by atoms with van der Waals surface area (Å²) in [5, 5.41) is 14.0. The Morgan fingerprint density at radius 1 is 1.47 bits per heavy atom. The molecule has 0 radical (unpaired) electrons. The van der Waals surface area contributed by atoms with E-state index in [0.29, 0.717) is 5.82 Å². The Morgan fingerprint density at radius 2 is 2.16 bits per heavy atom. The van der Waals surface area contributed by atoms with E-state index in [-0.39, 0.29) is 5.82 Å². The standard InChI is InChI=1S/C12H21N5O2/c1-15-7-4-10(5-8-15)3-6-13-11-12(17(18)19)14-9-16(11)2/h9-10,13H,3-8H2,1-2H3. The van der Waals surface area contributed by atoms with E-state index in [1.165, 1.54) is 19.2 Å². The van der Waals surface area contributed by atoms with Crippen LogP contribution in [-0.2, 0) is 7.05 Å². The zero-order valence-electron chi connectivity index (χ0n) is 11.5. The van der Waals surface area contributed by atoms with Crippen LogP contribution in [-0.4, -0.2) is 46.1 Å².